The fourth-order valence-electron chi connectivity index (χ4n) is 4.30. The summed E-state index contributed by atoms with van der Waals surface area (Å²) in [5.41, 5.74) is -0.591. The first kappa shape index (κ1) is 17.6. The molecule has 4 rings (SSSR count). The lowest BCUT2D eigenvalue weighted by atomic mass is 9.72. The highest BCUT2D eigenvalue weighted by atomic mass is 16.3. The molecule has 2 fully saturated rings. The van der Waals surface area contributed by atoms with Crippen LogP contribution >= 0.6 is 0 Å². The van der Waals surface area contributed by atoms with Gasteiger partial charge in [-0.3, -0.25) is 14.9 Å². The monoisotopic (exact) mass is 369 g/mol. The van der Waals surface area contributed by atoms with E-state index in [-0.39, 0.29) is 11.8 Å². The van der Waals surface area contributed by atoms with Crippen LogP contribution in [0.25, 0.3) is 0 Å². The van der Waals surface area contributed by atoms with Crippen molar-refractivity contribution in [3.8, 4) is 6.07 Å². The average Bonchev–Trinajstić information content (AvgIpc) is 3.23. The number of piperazine rings is 1. The van der Waals surface area contributed by atoms with E-state index in [9.17, 15) is 14.9 Å². The molecule has 0 aromatic carbocycles. The lowest BCUT2D eigenvalue weighted by Gasteiger charge is -2.43. The van der Waals surface area contributed by atoms with Gasteiger partial charge >= 0.3 is 0 Å². The third kappa shape index (κ3) is 3.18. The molecule has 3 heterocycles. The standard InChI is InChI=1S/C19H23N5O3/c20-13-14-16(25)21-18(22-19(14)6-2-1-3-7-19)24-10-8-23(9-11-24)17(26)15-5-4-12-27-15/h4-5,12,14H,1-3,6-11H2,(H,21,22,25)/t14-/m0/s1. The third-order valence-electron chi connectivity index (χ3n) is 5.81. The minimum absolute atomic E-state index is 0.123. The summed E-state index contributed by atoms with van der Waals surface area (Å²) < 4.78 is 5.19. The lowest BCUT2D eigenvalue weighted by molar-refractivity contribution is -0.125. The maximum Gasteiger partial charge on any atom is 0.289 e. The molecule has 1 aliphatic carbocycles. The second-order valence-electron chi connectivity index (χ2n) is 7.41. The number of furan rings is 1. The number of carbonyl (C=O) groups excluding carboxylic acids is 2. The highest BCUT2D eigenvalue weighted by Gasteiger charge is 2.48. The van der Waals surface area contributed by atoms with Crippen molar-refractivity contribution < 1.29 is 14.0 Å². The van der Waals surface area contributed by atoms with Crippen LogP contribution in [0.1, 0.15) is 42.7 Å². The van der Waals surface area contributed by atoms with Crippen LogP contribution in [-0.4, -0.2) is 59.3 Å². The maximum atomic E-state index is 12.6. The number of nitrogens with one attached hydrogen (secondary N) is 1. The van der Waals surface area contributed by atoms with Gasteiger partial charge in [0, 0.05) is 26.2 Å². The number of amides is 2. The molecule has 142 valence electrons. The summed E-state index contributed by atoms with van der Waals surface area (Å²) in [4.78, 5) is 33.6. The number of aliphatic imine (C=N–C) groups is 1. The lowest BCUT2D eigenvalue weighted by Crippen LogP contribution is -2.61. The molecule has 1 spiro atoms. The Kier molecular flexibility index (Phi) is 4.60. The van der Waals surface area contributed by atoms with Crippen LogP contribution in [0.2, 0.25) is 0 Å². The van der Waals surface area contributed by atoms with E-state index in [2.05, 4.69) is 11.4 Å². The zero-order chi connectivity index (χ0) is 18.9. The number of nitrogens with zero attached hydrogens (tertiary/aromatic N) is 4. The predicted octanol–water partition coefficient (Wildman–Crippen LogP) is 1.37. The summed E-state index contributed by atoms with van der Waals surface area (Å²) >= 11 is 0. The fourth-order valence-corrected chi connectivity index (χ4v) is 4.30. The minimum Gasteiger partial charge on any atom is -0.459 e. The molecule has 8 nitrogen and oxygen atoms in total. The number of rotatable bonds is 1. The number of guanidine groups is 1. The molecule has 27 heavy (non-hydrogen) atoms. The van der Waals surface area contributed by atoms with Crippen molar-refractivity contribution in [2.24, 2.45) is 10.9 Å². The zero-order valence-corrected chi connectivity index (χ0v) is 15.2. The van der Waals surface area contributed by atoms with Crippen LogP contribution < -0.4 is 5.32 Å². The summed E-state index contributed by atoms with van der Waals surface area (Å²) in [6.07, 6.45) is 6.16. The molecule has 2 amide bonds. The molecule has 3 aliphatic rings. The molecule has 0 bridgehead atoms. The largest absolute Gasteiger partial charge is 0.459 e. The van der Waals surface area contributed by atoms with E-state index in [1.54, 1.807) is 17.0 Å². The predicted molar refractivity (Wildman–Crippen MR) is 96.7 cm³/mol. The second-order valence-corrected chi connectivity index (χ2v) is 7.41. The van der Waals surface area contributed by atoms with Crippen molar-refractivity contribution in [3.05, 3.63) is 24.2 Å². The van der Waals surface area contributed by atoms with Crippen LogP contribution in [-0.2, 0) is 4.79 Å². The first-order valence-electron chi connectivity index (χ1n) is 9.51. The molecule has 0 unspecified atom stereocenters. The van der Waals surface area contributed by atoms with E-state index < -0.39 is 11.5 Å². The van der Waals surface area contributed by atoms with Crippen LogP contribution in [0.15, 0.2) is 27.8 Å². The minimum atomic E-state index is -0.719. The van der Waals surface area contributed by atoms with Gasteiger partial charge in [-0.2, -0.15) is 5.26 Å². The smallest absolute Gasteiger partial charge is 0.289 e. The Labute approximate surface area is 157 Å². The highest BCUT2D eigenvalue weighted by Crippen LogP contribution is 2.39. The summed E-state index contributed by atoms with van der Waals surface area (Å²) in [5.74, 6) is -0.201. The van der Waals surface area contributed by atoms with Gasteiger partial charge in [0.15, 0.2) is 11.7 Å². The van der Waals surface area contributed by atoms with Crippen molar-refractivity contribution >= 4 is 17.8 Å². The quantitative estimate of drug-likeness (QED) is 0.805. The number of nitriles is 1. The van der Waals surface area contributed by atoms with E-state index >= 15 is 0 Å². The summed E-state index contributed by atoms with van der Waals surface area (Å²) in [7, 11) is 0. The Bertz CT molecular complexity index is 781. The van der Waals surface area contributed by atoms with Gasteiger partial charge in [-0.15, -0.1) is 0 Å². The zero-order valence-electron chi connectivity index (χ0n) is 15.2. The van der Waals surface area contributed by atoms with Gasteiger partial charge in [0.1, 0.15) is 0 Å². The van der Waals surface area contributed by atoms with E-state index in [0.717, 1.165) is 32.1 Å². The normalized spacial score (nSPS) is 24.9. The first-order valence-corrected chi connectivity index (χ1v) is 9.51. The number of hydrogen-bond donors (Lipinski definition) is 1. The van der Waals surface area contributed by atoms with Crippen LogP contribution in [0.4, 0.5) is 0 Å². The Hall–Kier alpha value is -2.82. The van der Waals surface area contributed by atoms with Crippen molar-refractivity contribution in [2.45, 2.75) is 37.6 Å². The molecule has 1 atom stereocenters. The Morgan fingerprint density at radius 1 is 1.26 bits per heavy atom. The van der Waals surface area contributed by atoms with Crippen molar-refractivity contribution in [1.82, 2.24) is 15.1 Å². The molecule has 2 aliphatic heterocycles. The third-order valence-corrected chi connectivity index (χ3v) is 5.81. The van der Waals surface area contributed by atoms with Gasteiger partial charge < -0.3 is 14.2 Å². The molecular weight excluding hydrogens is 346 g/mol. The van der Waals surface area contributed by atoms with Crippen LogP contribution in [0.5, 0.6) is 0 Å². The molecule has 1 saturated carbocycles. The number of carbonyl (C=O) groups is 2. The first-order chi connectivity index (χ1) is 13.1. The van der Waals surface area contributed by atoms with Gasteiger partial charge in [-0.05, 0) is 25.0 Å². The summed E-state index contributed by atoms with van der Waals surface area (Å²) in [6, 6.07) is 5.54. The molecule has 1 aromatic rings. The Morgan fingerprint density at radius 3 is 2.63 bits per heavy atom. The van der Waals surface area contributed by atoms with E-state index in [1.807, 2.05) is 4.90 Å². The molecule has 1 N–H and O–H groups in total. The molecule has 8 heteroatoms. The van der Waals surface area contributed by atoms with Crippen molar-refractivity contribution in [3.63, 3.8) is 0 Å². The Balaban J connectivity index is 1.48. The molecular formula is C19H23N5O3. The molecule has 0 radical (unpaired) electrons. The van der Waals surface area contributed by atoms with E-state index in [4.69, 9.17) is 9.41 Å². The van der Waals surface area contributed by atoms with Gasteiger partial charge in [-0.1, -0.05) is 19.3 Å². The van der Waals surface area contributed by atoms with Crippen molar-refractivity contribution in [2.75, 3.05) is 26.2 Å². The Morgan fingerprint density at radius 2 is 2.00 bits per heavy atom. The SMILES string of the molecule is N#C[C@H]1C(=O)NC(N2CCN(C(=O)c3ccco3)CC2)=NC12CCCCC2. The van der Waals surface area contributed by atoms with E-state index in [1.165, 1.54) is 6.26 Å². The second kappa shape index (κ2) is 7.06. The summed E-state index contributed by atoms with van der Waals surface area (Å²) in [5, 5.41) is 12.3. The van der Waals surface area contributed by atoms with Gasteiger partial charge in [0.2, 0.25) is 11.9 Å². The van der Waals surface area contributed by atoms with Gasteiger partial charge in [-0.25, -0.2) is 4.99 Å². The summed E-state index contributed by atoms with van der Waals surface area (Å²) in [6.45, 7) is 2.23. The van der Waals surface area contributed by atoms with Crippen LogP contribution in [0.3, 0.4) is 0 Å². The van der Waals surface area contributed by atoms with E-state index in [0.29, 0.717) is 37.9 Å². The molecule has 1 aromatic heterocycles. The molecule has 1 saturated heterocycles. The van der Waals surface area contributed by atoms with Crippen molar-refractivity contribution in [1.29, 1.82) is 5.26 Å². The highest BCUT2D eigenvalue weighted by molar-refractivity contribution is 6.02. The average molecular weight is 369 g/mol. The topological polar surface area (TPSA) is 102 Å². The fraction of sp³-hybridized carbons (Fsp3) is 0.579. The van der Waals surface area contributed by atoms with Gasteiger partial charge in [0.25, 0.3) is 5.91 Å². The van der Waals surface area contributed by atoms with Crippen LogP contribution in [0, 0.1) is 17.2 Å². The van der Waals surface area contributed by atoms with Gasteiger partial charge in [0.05, 0.1) is 17.9 Å². The maximum absolute atomic E-state index is 12.6. The number of hydrogen-bond acceptors (Lipinski definition) is 6.